The van der Waals surface area contributed by atoms with Crippen LogP contribution in [0.1, 0.15) is 93.4 Å². The Morgan fingerprint density at radius 2 is 1.29 bits per heavy atom. The Hall–Kier alpha value is 0. The van der Waals surface area contributed by atoms with Crippen LogP contribution in [0.5, 0.6) is 0 Å². The molecule has 1 rings (SSSR count). The third-order valence-electron chi connectivity index (χ3n) is 3.67. The molecule has 17 heavy (non-hydrogen) atoms. The molecule has 0 spiro atoms. The first-order valence-electron chi connectivity index (χ1n) is 8.17. The highest BCUT2D eigenvalue weighted by Gasteiger charge is 2.26. The molecule has 106 valence electrons. The number of hydrogen-bond donors (Lipinski definition) is 0. The van der Waals surface area contributed by atoms with E-state index in [2.05, 4.69) is 34.6 Å². The fourth-order valence-corrected chi connectivity index (χ4v) is 2.76. The normalized spacial score (nSPS) is 27.4. The average molecular weight is 242 g/mol. The zero-order valence-corrected chi connectivity index (χ0v) is 13.7. The van der Waals surface area contributed by atoms with E-state index in [0.717, 1.165) is 17.8 Å². The van der Waals surface area contributed by atoms with Crippen molar-refractivity contribution in [3.05, 3.63) is 0 Å². The molecule has 1 saturated carbocycles. The standard InChI is InChI=1S/C12H24.C3H8.C2H6/c1-4-5-9-12-10(2)7-6-8-11(12)3;1-3-2;1-2/h10-12H,4-9H2,1-3H3;3H2,1-2H3;1-2H3. The molecule has 0 aromatic rings. The smallest absolute Gasteiger partial charge is 0.0363 e. The van der Waals surface area contributed by atoms with Crippen molar-refractivity contribution in [1.29, 1.82) is 0 Å². The van der Waals surface area contributed by atoms with Gasteiger partial charge in [-0.1, -0.05) is 87.0 Å². The first-order valence-corrected chi connectivity index (χ1v) is 8.17. The third-order valence-corrected chi connectivity index (χ3v) is 3.67. The molecule has 2 unspecified atom stereocenters. The van der Waals surface area contributed by atoms with Crippen LogP contribution >= 0.6 is 0 Å². The molecule has 1 aliphatic carbocycles. The molecule has 0 heterocycles. The molecule has 0 radical (unpaired) electrons. The van der Waals surface area contributed by atoms with Crippen LogP contribution < -0.4 is 0 Å². The summed E-state index contributed by atoms with van der Waals surface area (Å²) in [6.45, 7) is 15.5. The van der Waals surface area contributed by atoms with Crippen molar-refractivity contribution in [3.63, 3.8) is 0 Å². The van der Waals surface area contributed by atoms with Gasteiger partial charge in [-0.15, -0.1) is 0 Å². The number of unbranched alkanes of at least 4 members (excludes halogenated alkanes) is 1. The summed E-state index contributed by atoms with van der Waals surface area (Å²) in [4.78, 5) is 0. The van der Waals surface area contributed by atoms with Crippen molar-refractivity contribution in [3.8, 4) is 0 Å². The summed E-state index contributed by atoms with van der Waals surface area (Å²) in [5.41, 5.74) is 0. The minimum atomic E-state index is 1.00. The summed E-state index contributed by atoms with van der Waals surface area (Å²) >= 11 is 0. The van der Waals surface area contributed by atoms with Gasteiger partial charge in [-0.2, -0.15) is 0 Å². The van der Waals surface area contributed by atoms with E-state index in [0.29, 0.717) is 0 Å². The predicted octanol–water partition coefficient (Wildman–Crippen LogP) is 6.69. The Morgan fingerprint density at radius 1 is 0.882 bits per heavy atom. The molecule has 2 atom stereocenters. The Kier molecular flexibility index (Phi) is 16.0. The lowest BCUT2D eigenvalue weighted by atomic mass is 9.71. The lowest BCUT2D eigenvalue weighted by Crippen LogP contribution is -2.24. The topological polar surface area (TPSA) is 0 Å². The van der Waals surface area contributed by atoms with Gasteiger partial charge in [0.15, 0.2) is 0 Å². The van der Waals surface area contributed by atoms with Gasteiger partial charge >= 0.3 is 0 Å². The highest BCUT2D eigenvalue weighted by Crippen LogP contribution is 2.37. The van der Waals surface area contributed by atoms with E-state index in [9.17, 15) is 0 Å². The molecule has 0 nitrogen and oxygen atoms in total. The summed E-state index contributed by atoms with van der Waals surface area (Å²) in [5.74, 6) is 3.04. The van der Waals surface area contributed by atoms with Crippen LogP contribution in [0.3, 0.4) is 0 Å². The van der Waals surface area contributed by atoms with E-state index >= 15 is 0 Å². The van der Waals surface area contributed by atoms with Gasteiger partial charge in [-0.3, -0.25) is 0 Å². The maximum absolute atomic E-state index is 2.45. The van der Waals surface area contributed by atoms with Crippen molar-refractivity contribution in [2.24, 2.45) is 17.8 Å². The summed E-state index contributed by atoms with van der Waals surface area (Å²) in [6.07, 6.45) is 10.00. The Morgan fingerprint density at radius 3 is 1.65 bits per heavy atom. The van der Waals surface area contributed by atoms with E-state index in [1.54, 1.807) is 0 Å². The van der Waals surface area contributed by atoms with E-state index < -0.39 is 0 Å². The minimum Gasteiger partial charge on any atom is -0.0683 e. The zero-order chi connectivity index (χ0) is 13.7. The van der Waals surface area contributed by atoms with Crippen molar-refractivity contribution in [1.82, 2.24) is 0 Å². The molecular formula is C17H38. The molecule has 0 heteroatoms. The summed E-state index contributed by atoms with van der Waals surface area (Å²) in [7, 11) is 0. The summed E-state index contributed by atoms with van der Waals surface area (Å²) in [6, 6.07) is 0. The molecule has 0 amide bonds. The maximum Gasteiger partial charge on any atom is -0.0363 e. The van der Waals surface area contributed by atoms with Gasteiger partial charge < -0.3 is 0 Å². The predicted molar refractivity (Wildman–Crippen MR) is 82.5 cm³/mol. The number of rotatable bonds is 3. The van der Waals surface area contributed by atoms with Crippen LogP contribution in [0, 0.1) is 17.8 Å². The molecule has 0 saturated heterocycles. The van der Waals surface area contributed by atoms with Crippen LogP contribution in [0.25, 0.3) is 0 Å². The zero-order valence-electron chi connectivity index (χ0n) is 13.7. The highest BCUT2D eigenvalue weighted by molar-refractivity contribution is 4.77. The Balaban J connectivity index is 0. The second-order valence-corrected chi connectivity index (χ2v) is 5.40. The van der Waals surface area contributed by atoms with Gasteiger partial charge in [0.05, 0.1) is 0 Å². The SMILES string of the molecule is CC.CCC.CCCCC1C(C)CCCC1C. The van der Waals surface area contributed by atoms with Crippen LogP contribution in [0.15, 0.2) is 0 Å². The van der Waals surface area contributed by atoms with Crippen LogP contribution in [0.2, 0.25) is 0 Å². The molecular weight excluding hydrogens is 204 g/mol. The minimum absolute atomic E-state index is 1.00. The van der Waals surface area contributed by atoms with Gasteiger partial charge in [0.1, 0.15) is 0 Å². The van der Waals surface area contributed by atoms with Crippen LogP contribution in [0.4, 0.5) is 0 Å². The van der Waals surface area contributed by atoms with E-state index in [1.807, 2.05) is 13.8 Å². The van der Waals surface area contributed by atoms with Crippen LogP contribution in [-0.2, 0) is 0 Å². The molecule has 0 aromatic carbocycles. The monoisotopic (exact) mass is 242 g/mol. The first kappa shape index (κ1) is 19.3. The maximum atomic E-state index is 2.45. The van der Waals surface area contributed by atoms with Gasteiger partial charge in [-0.05, 0) is 24.2 Å². The molecule has 0 bridgehead atoms. The quantitative estimate of drug-likeness (QED) is 0.517. The molecule has 0 N–H and O–H groups in total. The van der Waals surface area contributed by atoms with Crippen LogP contribution in [-0.4, -0.2) is 0 Å². The van der Waals surface area contributed by atoms with Crippen molar-refractivity contribution < 1.29 is 0 Å². The molecule has 0 aliphatic heterocycles. The van der Waals surface area contributed by atoms with Crippen molar-refractivity contribution in [2.75, 3.05) is 0 Å². The Labute approximate surface area is 112 Å². The second-order valence-electron chi connectivity index (χ2n) is 5.40. The summed E-state index contributed by atoms with van der Waals surface area (Å²) in [5, 5.41) is 0. The third kappa shape index (κ3) is 9.68. The fraction of sp³-hybridized carbons (Fsp3) is 1.00. The number of hydrogen-bond acceptors (Lipinski definition) is 0. The van der Waals surface area contributed by atoms with Gasteiger partial charge in [0.25, 0.3) is 0 Å². The molecule has 0 aromatic heterocycles. The summed E-state index contributed by atoms with van der Waals surface area (Å²) < 4.78 is 0. The van der Waals surface area contributed by atoms with Crippen molar-refractivity contribution >= 4 is 0 Å². The second kappa shape index (κ2) is 14.1. The fourth-order valence-electron chi connectivity index (χ4n) is 2.76. The molecule has 1 aliphatic rings. The average Bonchev–Trinajstić information content (AvgIpc) is 2.32. The molecule has 1 fully saturated rings. The van der Waals surface area contributed by atoms with E-state index in [4.69, 9.17) is 0 Å². The van der Waals surface area contributed by atoms with Crippen molar-refractivity contribution in [2.45, 2.75) is 93.4 Å². The van der Waals surface area contributed by atoms with Gasteiger partial charge in [0.2, 0.25) is 0 Å². The van der Waals surface area contributed by atoms with Gasteiger partial charge in [0, 0.05) is 0 Å². The Bertz CT molecular complexity index is 118. The first-order chi connectivity index (χ1) is 8.17. The highest BCUT2D eigenvalue weighted by atomic mass is 14.3. The largest absolute Gasteiger partial charge is 0.0683 e. The van der Waals surface area contributed by atoms with Gasteiger partial charge in [-0.25, -0.2) is 0 Å². The lowest BCUT2D eigenvalue weighted by Gasteiger charge is -2.34. The van der Waals surface area contributed by atoms with E-state index in [-0.39, 0.29) is 0 Å². The lowest BCUT2D eigenvalue weighted by molar-refractivity contribution is 0.165. The van der Waals surface area contributed by atoms with E-state index in [1.165, 1.54) is 44.9 Å².